The van der Waals surface area contributed by atoms with Crippen LogP contribution in [0, 0.1) is 5.92 Å². The van der Waals surface area contributed by atoms with Crippen LogP contribution in [0.2, 0.25) is 0 Å². The Morgan fingerprint density at radius 3 is 2.48 bits per heavy atom. The summed E-state index contributed by atoms with van der Waals surface area (Å²) in [4.78, 5) is 37.8. The molecule has 2 heterocycles. The summed E-state index contributed by atoms with van der Waals surface area (Å²) >= 11 is 0. The third kappa shape index (κ3) is 3.55. The van der Waals surface area contributed by atoms with E-state index in [9.17, 15) is 14.4 Å². The third-order valence-electron chi connectivity index (χ3n) is 5.34. The highest BCUT2D eigenvalue weighted by molar-refractivity contribution is 6.23. The highest BCUT2D eigenvalue weighted by atomic mass is 16.6. The van der Waals surface area contributed by atoms with E-state index in [1.807, 2.05) is 54.6 Å². The first kappa shape index (κ1) is 17.6. The number of carbonyl (C=O) groups is 3. The molecule has 2 aromatic carbocycles. The number of ether oxygens (including phenoxy) is 1. The summed E-state index contributed by atoms with van der Waals surface area (Å²) in [5.74, 6) is -2.78. The van der Waals surface area contributed by atoms with Crippen LogP contribution in [0.4, 0.5) is 0 Å². The topological polar surface area (TPSA) is 72.5 Å². The van der Waals surface area contributed by atoms with Gasteiger partial charge in [0.2, 0.25) is 0 Å². The highest BCUT2D eigenvalue weighted by Gasteiger charge is 2.49. The summed E-state index contributed by atoms with van der Waals surface area (Å²) in [6.45, 7) is 0.556. The molecule has 1 N–H and O–H groups in total. The fourth-order valence-corrected chi connectivity index (χ4v) is 3.83. The van der Waals surface area contributed by atoms with Crippen molar-refractivity contribution >= 4 is 17.5 Å². The zero-order valence-electron chi connectivity index (χ0n) is 14.9. The van der Waals surface area contributed by atoms with E-state index in [1.54, 1.807) is 0 Å². The smallest absolute Gasteiger partial charge is 0.325 e. The maximum atomic E-state index is 12.9. The van der Waals surface area contributed by atoms with Gasteiger partial charge in [-0.25, -0.2) is 0 Å². The summed E-state index contributed by atoms with van der Waals surface area (Å²) in [5.41, 5.74) is 3.29. The fourth-order valence-electron chi connectivity index (χ4n) is 3.83. The van der Waals surface area contributed by atoms with Crippen LogP contribution in [0.3, 0.4) is 0 Å². The number of hydrogen-bond acceptors (Lipinski definition) is 5. The lowest BCUT2D eigenvalue weighted by Crippen LogP contribution is -2.47. The van der Waals surface area contributed by atoms with Gasteiger partial charge in [-0.05, 0) is 36.0 Å². The number of Topliss-reactive ketones (excluding diaryl/α,β-unsaturated/α-hetero) is 2. The van der Waals surface area contributed by atoms with Gasteiger partial charge in [0.15, 0.2) is 23.6 Å². The summed E-state index contributed by atoms with van der Waals surface area (Å²) in [6.07, 6.45) is 0.683. The maximum Gasteiger partial charge on any atom is 0.325 e. The molecule has 0 aromatic heterocycles. The lowest BCUT2D eigenvalue weighted by Gasteiger charge is -2.25. The van der Waals surface area contributed by atoms with Crippen molar-refractivity contribution in [1.82, 2.24) is 5.32 Å². The summed E-state index contributed by atoms with van der Waals surface area (Å²) in [5, 5.41) is 3.16. The number of cyclic esters (lactones) is 1. The van der Waals surface area contributed by atoms with E-state index < -0.39 is 29.8 Å². The Balaban J connectivity index is 1.42. The predicted molar refractivity (Wildman–Crippen MR) is 98.9 cm³/mol. The average molecular weight is 363 g/mol. The lowest BCUT2D eigenvalue weighted by atomic mass is 9.86. The zero-order chi connectivity index (χ0) is 18.8. The van der Waals surface area contributed by atoms with Crippen LogP contribution in [0.15, 0.2) is 54.6 Å². The van der Waals surface area contributed by atoms with Crippen molar-refractivity contribution in [3.63, 3.8) is 0 Å². The number of nitrogens with one attached hydrogen (secondary N) is 1. The number of fused-ring (bicyclic) bond motifs is 1. The van der Waals surface area contributed by atoms with E-state index in [0.29, 0.717) is 25.8 Å². The van der Waals surface area contributed by atoms with Gasteiger partial charge in [0.05, 0.1) is 6.04 Å². The number of hydrogen-bond donors (Lipinski definition) is 1. The van der Waals surface area contributed by atoms with Gasteiger partial charge < -0.3 is 10.1 Å². The molecule has 2 aliphatic rings. The first-order chi connectivity index (χ1) is 13.1. The molecule has 5 heteroatoms. The van der Waals surface area contributed by atoms with Gasteiger partial charge in [0.25, 0.3) is 0 Å². The molecule has 0 bridgehead atoms. The SMILES string of the molecule is O=C1O[C@H](CCc2ccccc2)C(=O)C1C(=O)[C@@H]1Cc2ccccc2CN1. The van der Waals surface area contributed by atoms with Crippen LogP contribution in [-0.4, -0.2) is 29.7 Å². The molecule has 2 aliphatic heterocycles. The van der Waals surface area contributed by atoms with Crippen molar-refractivity contribution in [1.29, 1.82) is 0 Å². The zero-order valence-corrected chi connectivity index (χ0v) is 14.9. The third-order valence-corrected chi connectivity index (χ3v) is 5.34. The Kier molecular flexibility index (Phi) is 4.86. The molecule has 2 aromatic rings. The van der Waals surface area contributed by atoms with Crippen molar-refractivity contribution in [3.05, 3.63) is 71.3 Å². The summed E-state index contributed by atoms with van der Waals surface area (Å²) in [6, 6.07) is 17.1. The van der Waals surface area contributed by atoms with Crippen molar-refractivity contribution < 1.29 is 19.1 Å². The van der Waals surface area contributed by atoms with Crippen molar-refractivity contribution in [2.45, 2.75) is 38.0 Å². The molecule has 4 rings (SSSR count). The molecule has 5 nitrogen and oxygen atoms in total. The van der Waals surface area contributed by atoms with E-state index >= 15 is 0 Å². The minimum Gasteiger partial charge on any atom is -0.453 e. The molecule has 0 spiro atoms. The Bertz CT molecular complexity index is 877. The fraction of sp³-hybridized carbons (Fsp3) is 0.318. The second-order valence-corrected chi connectivity index (χ2v) is 7.09. The van der Waals surface area contributed by atoms with Gasteiger partial charge in [0.1, 0.15) is 0 Å². The Morgan fingerprint density at radius 1 is 1.00 bits per heavy atom. The van der Waals surface area contributed by atoms with Crippen molar-refractivity contribution in [2.75, 3.05) is 0 Å². The number of esters is 1. The molecule has 0 amide bonds. The van der Waals surface area contributed by atoms with Gasteiger partial charge in [-0.1, -0.05) is 54.6 Å². The summed E-state index contributed by atoms with van der Waals surface area (Å²) in [7, 11) is 0. The molecule has 1 fully saturated rings. The van der Waals surface area contributed by atoms with Crippen LogP contribution in [0.1, 0.15) is 23.1 Å². The second kappa shape index (κ2) is 7.45. The molecule has 0 saturated carbocycles. The molecule has 0 radical (unpaired) electrons. The number of rotatable bonds is 5. The minimum atomic E-state index is -1.30. The monoisotopic (exact) mass is 363 g/mol. The Hall–Kier alpha value is -2.79. The molecule has 1 unspecified atom stereocenters. The van der Waals surface area contributed by atoms with Crippen molar-refractivity contribution in [2.24, 2.45) is 5.92 Å². The van der Waals surface area contributed by atoms with Crippen LogP contribution in [0.25, 0.3) is 0 Å². The normalized spacial score (nSPS) is 24.4. The first-order valence-electron chi connectivity index (χ1n) is 9.25. The number of carbonyl (C=O) groups excluding carboxylic acids is 3. The number of aryl methyl sites for hydroxylation is 1. The van der Waals surface area contributed by atoms with E-state index in [4.69, 9.17) is 4.74 Å². The molecule has 1 saturated heterocycles. The van der Waals surface area contributed by atoms with Gasteiger partial charge in [-0.15, -0.1) is 0 Å². The predicted octanol–water partition coefficient (Wildman–Crippen LogP) is 2.01. The van der Waals surface area contributed by atoms with Crippen LogP contribution in [-0.2, 0) is 38.5 Å². The van der Waals surface area contributed by atoms with Crippen molar-refractivity contribution in [3.8, 4) is 0 Å². The van der Waals surface area contributed by atoms with Gasteiger partial charge in [0, 0.05) is 6.54 Å². The second-order valence-electron chi connectivity index (χ2n) is 7.09. The molecular formula is C22H21NO4. The quantitative estimate of drug-likeness (QED) is 0.650. The largest absolute Gasteiger partial charge is 0.453 e. The standard InChI is InChI=1S/C22H21NO4/c24-20(17-12-15-8-4-5-9-16(15)13-23-17)19-21(25)18(27-22(19)26)11-10-14-6-2-1-3-7-14/h1-9,17-19,23H,10-13H2/t17-,18+,19?/m0/s1. The minimum absolute atomic E-state index is 0.373. The van der Waals surface area contributed by atoms with E-state index in [0.717, 1.165) is 16.7 Å². The average Bonchev–Trinajstić information content (AvgIpc) is 2.99. The lowest BCUT2D eigenvalue weighted by molar-refractivity contribution is -0.147. The molecule has 27 heavy (non-hydrogen) atoms. The maximum absolute atomic E-state index is 12.9. The molecule has 0 aliphatic carbocycles. The summed E-state index contributed by atoms with van der Waals surface area (Å²) < 4.78 is 5.25. The van der Waals surface area contributed by atoms with Crippen LogP contribution in [0.5, 0.6) is 0 Å². The molecular weight excluding hydrogens is 342 g/mol. The number of ketones is 2. The van der Waals surface area contributed by atoms with Gasteiger partial charge in [-0.2, -0.15) is 0 Å². The Morgan fingerprint density at radius 2 is 1.70 bits per heavy atom. The van der Waals surface area contributed by atoms with Crippen LogP contribution < -0.4 is 5.32 Å². The van der Waals surface area contributed by atoms with Crippen LogP contribution >= 0.6 is 0 Å². The first-order valence-corrected chi connectivity index (χ1v) is 9.25. The van der Waals surface area contributed by atoms with Gasteiger partial charge >= 0.3 is 5.97 Å². The molecule has 138 valence electrons. The van der Waals surface area contributed by atoms with Gasteiger partial charge in [-0.3, -0.25) is 14.4 Å². The molecule has 3 atom stereocenters. The van der Waals surface area contributed by atoms with E-state index in [-0.39, 0.29) is 5.78 Å². The highest BCUT2D eigenvalue weighted by Crippen LogP contribution is 2.26. The Labute approximate surface area is 157 Å². The van der Waals surface area contributed by atoms with E-state index in [2.05, 4.69) is 5.32 Å². The number of benzene rings is 2. The van der Waals surface area contributed by atoms with E-state index in [1.165, 1.54) is 0 Å².